The van der Waals surface area contributed by atoms with Gasteiger partial charge in [-0.2, -0.15) is 0 Å². The third-order valence-electron chi connectivity index (χ3n) is 4.49. The van der Waals surface area contributed by atoms with Crippen molar-refractivity contribution in [3.63, 3.8) is 0 Å². The molecule has 2 aromatic rings. The lowest BCUT2D eigenvalue weighted by Crippen LogP contribution is -2.30. The Labute approximate surface area is 125 Å². The number of nitrogens with zero attached hydrogens (tertiary/aromatic N) is 2. The van der Waals surface area contributed by atoms with Crippen LogP contribution in [0.1, 0.15) is 62.0 Å². The van der Waals surface area contributed by atoms with E-state index in [2.05, 4.69) is 33.9 Å². The Morgan fingerprint density at radius 1 is 1.20 bits per heavy atom. The standard InChI is InChI=1S/C16H25N3S/c1-12-11-20-16-18-13(2)15(19(12)16)10-17-14-8-6-4-3-5-7-9-14/h11,14,17H,3-10H2,1-2H3. The fourth-order valence-electron chi connectivity index (χ4n) is 3.28. The Kier molecular flexibility index (Phi) is 4.41. The first-order valence-electron chi connectivity index (χ1n) is 7.91. The van der Waals surface area contributed by atoms with Crippen LogP contribution in [0, 0.1) is 13.8 Å². The topological polar surface area (TPSA) is 29.3 Å². The summed E-state index contributed by atoms with van der Waals surface area (Å²) in [5, 5.41) is 5.98. The Morgan fingerprint density at radius 3 is 2.65 bits per heavy atom. The smallest absolute Gasteiger partial charge is 0.194 e. The highest BCUT2D eigenvalue weighted by Gasteiger charge is 2.15. The van der Waals surface area contributed by atoms with Crippen molar-refractivity contribution in [3.05, 3.63) is 22.5 Å². The molecular formula is C16H25N3S. The van der Waals surface area contributed by atoms with Gasteiger partial charge in [-0.25, -0.2) is 4.98 Å². The second-order valence-corrected chi connectivity index (χ2v) is 6.90. The average molecular weight is 291 g/mol. The van der Waals surface area contributed by atoms with Crippen LogP contribution in [0.15, 0.2) is 5.38 Å². The molecule has 0 amide bonds. The van der Waals surface area contributed by atoms with Crippen molar-refractivity contribution in [2.75, 3.05) is 0 Å². The van der Waals surface area contributed by atoms with E-state index in [1.54, 1.807) is 11.3 Å². The van der Waals surface area contributed by atoms with Gasteiger partial charge in [0.1, 0.15) is 0 Å². The zero-order valence-electron chi connectivity index (χ0n) is 12.6. The van der Waals surface area contributed by atoms with Crippen molar-refractivity contribution in [1.29, 1.82) is 0 Å². The summed E-state index contributed by atoms with van der Waals surface area (Å²) in [6.45, 7) is 5.26. The fourth-order valence-corrected chi connectivity index (χ4v) is 4.21. The minimum absolute atomic E-state index is 0.694. The molecule has 110 valence electrons. The molecular weight excluding hydrogens is 266 g/mol. The van der Waals surface area contributed by atoms with Gasteiger partial charge in [0.05, 0.1) is 11.4 Å². The zero-order chi connectivity index (χ0) is 13.9. The van der Waals surface area contributed by atoms with E-state index >= 15 is 0 Å². The van der Waals surface area contributed by atoms with Gasteiger partial charge in [0.2, 0.25) is 0 Å². The van der Waals surface area contributed by atoms with Crippen LogP contribution in [0.4, 0.5) is 0 Å². The van der Waals surface area contributed by atoms with E-state index in [9.17, 15) is 0 Å². The van der Waals surface area contributed by atoms with Crippen molar-refractivity contribution in [2.45, 2.75) is 71.4 Å². The van der Waals surface area contributed by atoms with Gasteiger partial charge in [-0.15, -0.1) is 11.3 Å². The molecule has 1 fully saturated rings. The molecule has 0 aliphatic heterocycles. The molecule has 0 aromatic carbocycles. The number of aromatic nitrogens is 2. The molecule has 0 radical (unpaired) electrons. The average Bonchev–Trinajstić information content (AvgIpc) is 2.89. The van der Waals surface area contributed by atoms with Crippen LogP contribution in [0.3, 0.4) is 0 Å². The zero-order valence-corrected chi connectivity index (χ0v) is 13.4. The quantitative estimate of drug-likeness (QED) is 0.917. The first-order valence-corrected chi connectivity index (χ1v) is 8.79. The van der Waals surface area contributed by atoms with Gasteiger partial charge in [0, 0.05) is 23.7 Å². The third kappa shape index (κ3) is 2.91. The number of hydrogen-bond donors (Lipinski definition) is 1. The second-order valence-electron chi connectivity index (χ2n) is 6.06. The summed E-state index contributed by atoms with van der Waals surface area (Å²) >= 11 is 1.74. The van der Waals surface area contributed by atoms with Gasteiger partial charge >= 0.3 is 0 Å². The number of fused-ring (bicyclic) bond motifs is 1. The summed E-state index contributed by atoms with van der Waals surface area (Å²) in [6, 6.07) is 0.694. The minimum Gasteiger partial charge on any atom is -0.308 e. The molecule has 3 nitrogen and oxygen atoms in total. The van der Waals surface area contributed by atoms with Gasteiger partial charge in [0.25, 0.3) is 0 Å². The summed E-state index contributed by atoms with van der Waals surface area (Å²) in [5.41, 5.74) is 3.83. The molecule has 20 heavy (non-hydrogen) atoms. The predicted molar refractivity (Wildman–Crippen MR) is 85.5 cm³/mol. The first kappa shape index (κ1) is 14.1. The van der Waals surface area contributed by atoms with E-state index in [1.165, 1.54) is 62.0 Å². The van der Waals surface area contributed by atoms with Crippen molar-refractivity contribution in [3.8, 4) is 0 Å². The molecule has 0 saturated heterocycles. The van der Waals surface area contributed by atoms with Crippen LogP contribution in [-0.4, -0.2) is 15.4 Å². The molecule has 0 spiro atoms. The molecule has 1 N–H and O–H groups in total. The van der Waals surface area contributed by atoms with Gasteiger partial charge in [0.15, 0.2) is 4.96 Å². The molecule has 0 bridgehead atoms. The Balaban J connectivity index is 1.69. The highest BCUT2D eigenvalue weighted by Crippen LogP contribution is 2.21. The normalized spacial score (nSPS) is 18.3. The van der Waals surface area contributed by atoms with Crippen LogP contribution >= 0.6 is 11.3 Å². The van der Waals surface area contributed by atoms with Crippen molar-refractivity contribution in [2.24, 2.45) is 0 Å². The summed E-state index contributed by atoms with van der Waals surface area (Å²) in [6.07, 6.45) is 9.71. The molecule has 1 aliphatic rings. The number of hydrogen-bond acceptors (Lipinski definition) is 3. The maximum absolute atomic E-state index is 4.67. The van der Waals surface area contributed by atoms with E-state index in [4.69, 9.17) is 0 Å². The third-order valence-corrected chi connectivity index (χ3v) is 5.44. The number of thiazole rings is 1. The van der Waals surface area contributed by atoms with Crippen molar-refractivity contribution >= 4 is 16.3 Å². The maximum atomic E-state index is 4.67. The highest BCUT2D eigenvalue weighted by atomic mass is 32.1. The van der Waals surface area contributed by atoms with Crippen LogP contribution in [0.25, 0.3) is 4.96 Å². The Bertz CT molecular complexity index is 562. The summed E-state index contributed by atoms with van der Waals surface area (Å²) < 4.78 is 2.32. The van der Waals surface area contributed by atoms with Crippen molar-refractivity contribution in [1.82, 2.24) is 14.7 Å². The minimum atomic E-state index is 0.694. The Morgan fingerprint density at radius 2 is 1.90 bits per heavy atom. The first-order chi connectivity index (χ1) is 9.75. The summed E-state index contributed by atoms with van der Waals surface area (Å²) in [4.78, 5) is 5.81. The number of rotatable bonds is 3. The van der Waals surface area contributed by atoms with Crippen LogP contribution in [-0.2, 0) is 6.54 Å². The van der Waals surface area contributed by atoms with Crippen LogP contribution in [0.2, 0.25) is 0 Å². The van der Waals surface area contributed by atoms with Crippen LogP contribution < -0.4 is 5.32 Å². The molecule has 4 heteroatoms. The second kappa shape index (κ2) is 6.27. The molecule has 2 aromatic heterocycles. The molecule has 2 heterocycles. The fraction of sp³-hybridized carbons (Fsp3) is 0.688. The molecule has 0 atom stereocenters. The van der Waals surface area contributed by atoms with E-state index in [-0.39, 0.29) is 0 Å². The number of nitrogens with one attached hydrogen (secondary N) is 1. The molecule has 3 rings (SSSR count). The Hall–Kier alpha value is -0.870. The SMILES string of the molecule is Cc1nc2scc(C)n2c1CNC1CCCCCCC1. The molecule has 0 unspecified atom stereocenters. The van der Waals surface area contributed by atoms with Gasteiger partial charge < -0.3 is 5.32 Å². The maximum Gasteiger partial charge on any atom is 0.194 e. The molecule has 1 saturated carbocycles. The van der Waals surface area contributed by atoms with E-state index in [0.29, 0.717) is 6.04 Å². The van der Waals surface area contributed by atoms with E-state index in [1.807, 2.05) is 0 Å². The van der Waals surface area contributed by atoms with Gasteiger partial charge in [-0.3, -0.25) is 4.40 Å². The van der Waals surface area contributed by atoms with Gasteiger partial charge in [-0.05, 0) is 26.7 Å². The molecule has 1 aliphatic carbocycles. The number of aryl methyl sites for hydroxylation is 2. The van der Waals surface area contributed by atoms with Crippen LogP contribution in [0.5, 0.6) is 0 Å². The summed E-state index contributed by atoms with van der Waals surface area (Å²) in [7, 11) is 0. The van der Waals surface area contributed by atoms with Crippen molar-refractivity contribution < 1.29 is 0 Å². The highest BCUT2D eigenvalue weighted by molar-refractivity contribution is 7.15. The lowest BCUT2D eigenvalue weighted by Gasteiger charge is -2.21. The largest absolute Gasteiger partial charge is 0.308 e. The predicted octanol–water partition coefficient (Wildman–Crippen LogP) is 4.22. The van der Waals surface area contributed by atoms with E-state index < -0.39 is 0 Å². The monoisotopic (exact) mass is 291 g/mol. The lowest BCUT2D eigenvalue weighted by molar-refractivity contribution is 0.387. The lowest BCUT2D eigenvalue weighted by atomic mass is 9.97. The summed E-state index contributed by atoms with van der Waals surface area (Å²) in [5.74, 6) is 0. The number of imidazole rings is 1. The van der Waals surface area contributed by atoms with E-state index in [0.717, 1.165) is 11.5 Å². The van der Waals surface area contributed by atoms with Gasteiger partial charge in [-0.1, -0.05) is 32.1 Å².